The van der Waals surface area contributed by atoms with Crippen molar-refractivity contribution in [2.24, 2.45) is 17.3 Å². The number of aliphatic hydroxyl groups is 1. The molecule has 2 fully saturated rings. The van der Waals surface area contributed by atoms with Gasteiger partial charge in [-0.05, 0) is 55.7 Å². The molecule has 2 saturated carbocycles. The summed E-state index contributed by atoms with van der Waals surface area (Å²) in [6, 6.07) is 10.3. The van der Waals surface area contributed by atoms with Gasteiger partial charge in [-0.2, -0.15) is 5.26 Å². The molecule has 1 aromatic carbocycles. The molecule has 3 rings (SSSR count). The van der Waals surface area contributed by atoms with E-state index >= 15 is 0 Å². The van der Waals surface area contributed by atoms with E-state index in [2.05, 4.69) is 6.07 Å². The van der Waals surface area contributed by atoms with Gasteiger partial charge >= 0.3 is 0 Å². The average molecular weight is 285 g/mol. The van der Waals surface area contributed by atoms with Crippen LogP contribution in [-0.2, 0) is 6.42 Å². The zero-order valence-corrected chi connectivity index (χ0v) is 12.8. The molecule has 0 aromatic heterocycles. The first kappa shape index (κ1) is 14.4. The zero-order chi connectivity index (χ0) is 15.1. The number of hydrogen-bond donors (Lipinski definition) is 1. The van der Waals surface area contributed by atoms with E-state index in [9.17, 15) is 10.4 Å². The molecule has 1 aromatic rings. The lowest BCUT2D eigenvalue weighted by Gasteiger charge is -2.43. The van der Waals surface area contributed by atoms with Crippen LogP contribution in [0, 0.1) is 28.6 Å². The molecule has 0 heterocycles. The molecule has 3 heteroatoms. The SMILES string of the molecule is COc1ccc(CC(C)(O)C2(C#N)CC3CCC2C3)cc1. The normalized spacial score (nSPS) is 33.4. The van der Waals surface area contributed by atoms with Crippen LogP contribution in [-0.4, -0.2) is 17.8 Å². The minimum Gasteiger partial charge on any atom is -0.497 e. The quantitative estimate of drug-likeness (QED) is 0.923. The predicted molar refractivity (Wildman–Crippen MR) is 80.8 cm³/mol. The Bertz CT molecular complexity index is 558. The molecule has 0 radical (unpaired) electrons. The Hall–Kier alpha value is -1.53. The molecule has 4 unspecified atom stereocenters. The molecule has 2 aliphatic carbocycles. The Kier molecular flexibility index (Phi) is 3.45. The molecule has 21 heavy (non-hydrogen) atoms. The van der Waals surface area contributed by atoms with Crippen LogP contribution in [0.3, 0.4) is 0 Å². The third kappa shape index (κ3) is 2.22. The van der Waals surface area contributed by atoms with Crippen LogP contribution in [0.25, 0.3) is 0 Å². The highest BCUT2D eigenvalue weighted by atomic mass is 16.5. The first-order valence-electron chi connectivity index (χ1n) is 7.77. The van der Waals surface area contributed by atoms with Crippen molar-refractivity contribution in [1.82, 2.24) is 0 Å². The number of rotatable bonds is 4. The van der Waals surface area contributed by atoms with Gasteiger partial charge in [-0.25, -0.2) is 0 Å². The maximum absolute atomic E-state index is 11.1. The molecule has 0 saturated heterocycles. The van der Waals surface area contributed by atoms with Gasteiger partial charge in [0.25, 0.3) is 0 Å². The first-order valence-corrected chi connectivity index (χ1v) is 7.77. The standard InChI is InChI=1S/C18H23NO2/c1-17(20,10-13-4-7-16(21-2)8-5-13)18(12-19)11-14-3-6-15(18)9-14/h4-5,7-8,14-15,20H,3,6,9-11H2,1-2H3. The first-order chi connectivity index (χ1) is 10.0. The number of nitriles is 1. The van der Waals surface area contributed by atoms with Crippen molar-refractivity contribution < 1.29 is 9.84 Å². The molecule has 112 valence electrons. The van der Waals surface area contributed by atoms with Crippen LogP contribution in [0.5, 0.6) is 5.75 Å². The summed E-state index contributed by atoms with van der Waals surface area (Å²) in [7, 11) is 1.64. The lowest BCUT2D eigenvalue weighted by atomic mass is 9.62. The van der Waals surface area contributed by atoms with Crippen molar-refractivity contribution in [3.63, 3.8) is 0 Å². The van der Waals surface area contributed by atoms with Crippen LogP contribution in [0.4, 0.5) is 0 Å². The molecule has 0 aliphatic heterocycles. The summed E-state index contributed by atoms with van der Waals surface area (Å²) in [5, 5.41) is 20.9. The molecular weight excluding hydrogens is 262 g/mol. The number of fused-ring (bicyclic) bond motifs is 2. The molecule has 4 atom stereocenters. The smallest absolute Gasteiger partial charge is 0.118 e. The summed E-state index contributed by atoms with van der Waals surface area (Å²) < 4.78 is 5.17. The largest absolute Gasteiger partial charge is 0.497 e. The summed E-state index contributed by atoms with van der Waals surface area (Å²) in [5.74, 6) is 1.81. The fraction of sp³-hybridized carbons (Fsp3) is 0.611. The minimum absolute atomic E-state index is 0.362. The van der Waals surface area contributed by atoms with Crippen LogP contribution >= 0.6 is 0 Å². The number of ether oxygens (including phenoxy) is 1. The van der Waals surface area contributed by atoms with Gasteiger partial charge in [0, 0.05) is 6.42 Å². The van der Waals surface area contributed by atoms with E-state index in [4.69, 9.17) is 4.74 Å². The van der Waals surface area contributed by atoms with Crippen LogP contribution in [0.15, 0.2) is 24.3 Å². The lowest BCUT2D eigenvalue weighted by Crippen LogP contribution is -2.50. The third-order valence-corrected chi connectivity index (χ3v) is 5.72. The summed E-state index contributed by atoms with van der Waals surface area (Å²) in [6.07, 6.45) is 4.82. The van der Waals surface area contributed by atoms with Crippen LogP contribution in [0.1, 0.15) is 38.2 Å². The Morgan fingerprint density at radius 2 is 2.10 bits per heavy atom. The third-order valence-electron chi connectivity index (χ3n) is 5.72. The Balaban J connectivity index is 1.84. The Morgan fingerprint density at radius 1 is 1.38 bits per heavy atom. The van der Waals surface area contributed by atoms with Gasteiger partial charge in [-0.3, -0.25) is 0 Å². The average Bonchev–Trinajstić information content (AvgIpc) is 3.08. The number of nitrogens with zero attached hydrogens (tertiary/aromatic N) is 1. The fourth-order valence-electron chi connectivity index (χ4n) is 4.55. The monoisotopic (exact) mass is 285 g/mol. The topological polar surface area (TPSA) is 53.2 Å². The maximum atomic E-state index is 11.1. The highest BCUT2D eigenvalue weighted by Crippen LogP contribution is 2.60. The second-order valence-corrected chi connectivity index (χ2v) is 6.96. The van der Waals surface area contributed by atoms with E-state index in [1.165, 1.54) is 6.42 Å². The molecule has 0 spiro atoms. The minimum atomic E-state index is -0.976. The lowest BCUT2D eigenvalue weighted by molar-refractivity contribution is -0.0667. The van der Waals surface area contributed by atoms with Crippen molar-refractivity contribution >= 4 is 0 Å². The molecule has 3 nitrogen and oxygen atoms in total. The van der Waals surface area contributed by atoms with Crippen molar-refractivity contribution in [3.8, 4) is 11.8 Å². The van der Waals surface area contributed by atoms with Gasteiger partial charge in [0.15, 0.2) is 0 Å². The zero-order valence-electron chi connectivity index (χ0n) is 12.8. The Labute approximate surface area is 126 Å². The van der Waals surface area contributed by atoms with E-state index < -0.39 is 11.0 Å². The second-order valence-electron chi connectivity index (χ2n) is 6.96. The summed E-state index contributed by atoms with van der Waals surface area (Å²) in [5.41, 5.74) is -0.496. The number of benzene rings is 1. The van der Waals surface area contributed by atoms with Gasteiger partial charge < -0.3 is 9.84 Å². The molecular formula is C18H23NO2. The van der Waals surface area contributed by atoms with Gasteiger partial charge in [0.2, 0.25) is 0 Å². The molecule has 0 amide bonds. The van der Waals surface area contributed by atoms with Crippen molar-refractivity contribution in [1.29, 1.82) is 5.26 Å². The van der Waals surface area contributed by atoms with Gasteiger partial charge in [0.05, 0.1) is 24.2 Å². The number of methoxy groups -OCH3 is 1. The highest BCUT2D eigenvalue weighted by molar-refractivity contribution is 5.30. The Morgan fingerprint density at radius 3 is 2.57 bits per heavy atom. The van der Waals surface area contributed by atoms with E-state index in [1.54, 1.807) is 7.11 Å². The molecule has 2 aliphatic rings. The van der Waals surface area contributed by atoms with E-state index in [-0.39, 0.29) is 0 Å². The van der Waals surface area contributed by atoms with Gasteiger partial charge in [0.1, 0.15) is 5.75 Å². The van der Waals surface area contributed by atoms with E-state index in [0.29, 0.717) is 18.3 Å². The summed E-state index contributed by atoms with van der Waals surface area (Å²) in [6.45, 7) is 1.85. The molecule has 2 bridgehead atoms. The van der Waals surface area contributed by atoms with Crippen LogP contribution < -0.4 is 4.74 Å². The predicted octanol–water partition coefficient (Wildman–Crippen LogP) is 3.32. The van der Waals surface area contributed by atoms with Crippen molar-refractivity contribution in [3.05, 3.63) is 29.8 Å². The van der Waals surface area contributed by atoms with Crippen molar-refractivity contribution in [2.75, 3.05) is 7.11 Å². The maximum Gasteiger partial charge on any atom is 0.118 e. The highest BCUT2D eigenvalue weighted by Gasteiger charge is 2.60. The van der Waals surface area contributed by atoms with Gasteiger partial charge in [-0.15, -0.1) is 0 Å². The summed E-state index contributed by atoms with van der Waals surface area (Å²) >= 11 is 0. The number of hydrogen-bond acceptors (Lipinski definition) is 3. The summed E-state index contributed by atoms with van der Waals surface area (Å²) in [4.78, 5) is 0. The van der Waals surface area contributed by atoms with E-state index in [0.717, 1.165) is 30.6 Å². The van der Waals surface area contributed by atoms with Crippen molar-refractivity contribution in [2.45, 2.75) is 44.6 Å². The second kappa shape index (κ2) is 5.03. The molecule has 1 N–H and O–H groups in total. The fourth-order valence-corrected chi connectivity index (χ4v) is 4.55. The van der Waals surface area contributed by atoms with E-state index in [1.807, 2.05) is 31.2 Å². The van der Waals surface area contributed by atoms with Crippen LogP contribution in [0.2, 0.25) is 0 Å². The van der Waals surface area contributed by atoms with Gasteiger partial charge in [-0.1, -0.05) is 18.6 Å².